The molecule has 1 aliphatic heterocycles. The van der Waals surface area contributed by atoms with Crippen LogP contribution in [0.4, 0.5) is 0 Å². The summed E-state index contributed by atoms with van der Waals surface area (Å²) < 4.78 is 4.60. The zero-order chi connectivity index (χ0) is 10.7. The second-order valence-electron chi connectivity index (χ2n) is 3.59. The van der Waals surface area contributed by atoms with Gasteiger partial charge in [-0.25, -0.2) is 5.84 Å². The first-order chi connectivity index (χ1) is 6.57. The molecule has 0 aromatic heterocycles. The number of piperidine rings is 1. The predicted octanol–water partition coefficient (Wildman–Crippen LogP) is -0.0922. The number of carbonyl (C=O) groups is 2. The number of carbonyl (C=O) groups excluding carboxylic acids is 2. The molecular weight excluding hydrogens is 184 g/mol. The molecule has 1 rings (SSSR count). The molecule has 0 spiro atoms. The lowest BCUT2D eigenvalue weighted by molar-refractivity contribution is -0.154. The van der Waals surface area contributed by atoms with Crippen molar-refractivity contribution < 1.29 is 14.3 Å². The Hall–Kier alpha value is -1.10. The van der Waals surface area contributed by atoms with Crippen LogP contribution in [0.25, 0.3) is 0 Å². The zero-order valence-electron chi connectivity index (χ0n) is 8.53. The summed E-state index contributed by atoms with van der Waals surface area (Å²) in [5.41, 5.74) is 0. The molecule has 1 aliphatic rings. The largest absolute Gasteiger partial charge is 0.469 e. The van der Waals surface area contributed by atoms with Gasteiger partial charge in [0.1, 0.15) is 0 Å². The van der Waals surface area contributed by atoms with E-state index in [0.717, 1.165) is 6.42 Å². The maximum atomic E-state index is 11.6. The van der Waals surface area contributed by atoms with Crippen LogP contribution in [-0.2, 0) is 14.3 Å². The molecule has 0 aromatic carbocycles. The molecule has 0 radical (unpaired) electrons. The predicted molar refractivity (Wildman–Crippen MR) is 49.8 cm³/mol. The molecule has 1 heterocycles. The number of hydrogen-bond acceptors (Lipinski definition) is 4. The van der Waals surface area contributed by atoms with Gasteiger partial charge in [0.2, 0.25) is 5.91 Å². The average molecular weight is 200 g/mol. The maximum absolute atomic E-state index is 11.6. The van der Waals surface area contributed by atoms with Gasteiger partial charge in [-0.2, -0.15) is 0 Å². The van der Waals surface area contributed by atoms with Crippen LogP contribution in [0.2, 0.25) is 0 Å². The number of nitrogens with zero attached hydrogens (tertiary/aromatic N) is 1. The van der Waals surface area contributed by atoms with E-state index >= 15 is 0 Å². The summed E-state index contributed by atoms with van der Waals surface area (Å²) in [5.74, 6) is 4.25. The van der Waals surface area contributed by atoms with E-state index in [0.29, 0.717) is 13.0 Å². The van der Waals surface area contributed by atoms with Crippen LogP contribution in [0.15, 0.2) is 0 Å². The van der Waals surface area contributed by atoms with Crippen molar-refractivity contribution >= 4 is 11.9 Å². The number of esters is 1. The highest BCUT2D eigenvalue weighted by Gasteiger charge is 2.35. The first-order valence-electron chi connectivity index (χ1n) is 4.71. The number of rotatable bonds is 2. The Bertz CT molecular complexity index is 242. The van der Waals surface area contributed by atoms with E-state index in [9.17, 15) is 9.59 Å². The van der Waals surface area contributed by atoms with E-state index < -0.39 is 5.92 Å². The van der Waals surface area contributed by atoms with Gasteiger partial charge in [0.05, 0.1) is 18.9 Å². The highest BCUT2D eigenvalue weighted by Crippen LogP contribution is 2.24. The van der Waals surface area contributed by atoms with Gasteiger partial charge in [-0.05, 0) is 12.8 Å². The van der Waals surface area contributed by atoms with Crippen molar-refractivity contribution in [2.45, 2.75) is 19.8 Å². The van der Waals surface area contributed by atoms with Gasteiger partial charge in [0.15, 0.2) is 0 Å². The summed E-state index contributed by atoms with van der Waals surface area (Å²) in [5, 5.41) is 1.19. The molecule has 0 saturated carbocycles. The van der Waals surface area contributed by atoms with E-state index in [1.807, 2.05) is 0 Å². The van der Waals surface area contributed by atoms with Gasteiger partial charge < -0.3 is 4.74 Å². The molecular formula is C9H16N2O3. The first kappa shape index (κ1) is 11.0. The molecule has 1 amide bonds. The van der Waals surface area contributed by atoms with E-state index in [2.05, 4.69) is 4.74 Å². The SMILES string of the molecule is COC(=O)[C@@H](C)[C@@H]1CCCN(N)C1=O. The molecule has 2 atom stereocenters. The van der Waals surface area contributed by atoms with Crippen molar-refractivity contribution in [3.63, 3.8) is 0 Å². The van der Waals surface area contributed by atoms with Crippen LogP contribution in [0, 0.1) is 11.8 Å². The monoisotopic (exact) mass is 200 g/mol. The van der Waals surface area contributed by atoms with Crippen molar-refractivity contribution in [3.05, 3.63) is 0 Å². The van der Waals surface area contributed by atoms with Crippen LogP contribution in [0.5, 0.6) is 0 Å². The van der Waals surface area contributed by atoms with E-state index in [1.165, 1.54) is 12.1 Å². The number of hydrogen-bond donors (Lipinski definition) is 1. The molecule has 0 aliphatic carbocycles. The molecule has 5 heteroatoms. The molecule has 0 unspecified atom stereocenters. The summed E-state index contributed by atoms with van der Waals surface area (Å²) in [6.45, 7) is 2.27. The second-order valence-corrected chi connectivity index (χ2v) is 3.59. The Morgan fingerprint density at radius 2 is 2.36 bits per heavy atom. The molecule has 1 fully saturated rings. The first-order valence-corrected chi connectivity index (χ1v) is 4.71. The topological polar surface area (TPSA) is 72.6 Å². The zero-order valence-corrected chi connectivity index (χ0v) is 8.53. The number of ether oxygens (including phenoxy) is 1. The summed E-state index contributed by atoms with van der Waals surface area (Å²) in [6.07, 6.45) is 1.55. The van der Waals surface area contributed by atoms with Gasteiger partial charge in [-0.15, -0.1) is 0 Å². The van der Waals surface area contributed by atoms with E-state index in [-0.39, 0.29) is 17.8 Å². The lowest BCUT2D eigenvalue weighted by Crippen LogP contribution is -2.48. The summed E-state index contributed by atoms with van der Waals surface area (Å²) in [6, 6.07) is 0. The van der Waals surface area contributed by atoms with Crippen molar-refractivity contribution in [2.75, 3.05) is 13.7 Å². The number of hydrazine groups is 1. The molecule has 14 heavy (non-hydrogen) atoms. The second kappa shape index (κ2) is 4.41. The molecule has 2 N–H and O–H groups in total. The maximum Gasteiger partial charge on any atom is 0.309 e. The average Bonchev–Trinajstić information content (AvgIpc) is 2.20. The third-order valence-corrected chi connectivity index (χ3v) is 2.69. The number of methoxy groups -OCH3 is 1. The van der Waals surface area contributed by atoms with E-state index in [4.69, 9.17) is 5.84 Å². The molecule has 5 nitrogen and oxygen atoms in total. The van der Waals surface area contributed by atoms with Gasteiger partial charge in [0, 0.05) is 6.54 Å². The van der Waals surface area contributed by atoms with Crippen LogP contribution in [-0.4, -0.2) is 30.5 Å². The third kappa shape index (κ3) is 2.04. The van der Waals surface area contributed by atoms with Gasteiger partial charge in [-0.3, -0.25) is 14.6 Å². The Morgan fingerprint density at radius 3 is 2.93 bits per heavy atom. The minimum Gasteiger partial charge on any atom is -0.469 e. The molecule has 80 valence electrons. The summed E-state index contributed by atoms with van der Waals surface area (Å²) in [7, 11) is 1.33. The Labute approximate surface area is 83.2 Å². The van der Waals surface area contributed by atoms with Gasteiger partial charge in [0.25, 0.3) is 0 Å². The fourth-order valence-electron chi connectivity index (χ4n) is 1.74. The minimum atomic E-state index is -0.404. The Morgan fingerprint density at radius 1 is 1.71 bits per heavy atom. The highest BCUT2D eigenvalue weighted by atomic mass is 16.5. The van der Waals surface area contributed by atoms with Gasteiger partial charge >= 0.3 is 5.97 Å². The van der Waals surface area contributed by atoms with Crippen LogP contribution in [0.1, 0.15) is 19.8 Å². The van der Waals surface area contributed by atoms with Crippen molar-refractivity contribution in [1.29, 1.82) is 0 Å². The lowest BCUT2D eigenvalue weighted by Gasteiger charge is -2.30. The summed E-state index contributed by atoms with van der Waals surface area (Å²) in [4.78, 5) is 22.8. The van der Waals surface area contributed by atoms with Gasteiger partial charge in [-0.1, -0.05) is 6.92 Å². The van der Waals surface area contributed by atoms with E-state index in [1.54, 1.807) is 6.92 Å². The standard InChI is InChI=1S/C9H16N2O3/c1-6(9(13)14-2)7-4-3-5-11(10)8(7)12/h6-7H,3-5,10H2,1-2H3/t6-,7-/m0/s1. The third-order valence-electron chi connectivity index (χ3n) is 2.69. The fourth-order valence-corrected chi connectivity index (χ4v) is 1.74. The van der Waals surface area contributed by atoms with Crippen LogP contribution >= 0.6 is 0 Å². The van der Waals surface area contributed by atoms with Crippen LogP contribution < -0.4 is 5.84 Å². The van der Waals surface area contributed by atoms with Crippen molar-refractivity contribution in [1.82, 2.24) is 5.01 Å². The van der Waals surface area contributed by atoms with Crippen molar-refractivity contribution in [2.24, 2.45) is 17.7 Å². The number of nitrogens with two attached hydrogens (primary N) is 1. The highest BCUT2D eigenvalue weighted by molar-refractivity contribution is 5.85. The number of amides is 1. The Kier molecular flexibility index (Phi) is 3.46. The summed E-state index contributed by atoms with van der Waals surface area (Å²) >= 11 is 0. The molecule has 0 aromatic rings. The Balaban J connectivity index is 2.66. The van der Waals surface area contributed by atoms with Crippen molar-refractivity contribution in [3.8, 4) is 0 Å². The lowest BCUT2D eigenvalue weighted by atomic mass is 9.86. The smallest absolute Gasteiger partial charge is 0.309 e. The normalized spacial score (nSPS) is 24.6. The molecule has 1 saturated heterocycles. The quantitative estimate of drug-likeness (QED) is 0.384. The van der Waals surface area contributed by atoms with Crippen LogP contribution in [0.3, 0.4) is 0 Å². The fraction of sp³-hybridized carbons (Fsp3) is 0.778. The molecule has 0 bridgehead atoms. The minimum absolute atomic E-state index is 0.158.